The predicted molar refractivity (Wildman–Crippen MR) is 136 cm³/mol. The topological polar surface area (TPSA) is 95.9 Å². The van der Waals surface area contributed by atoms with E-state index in [-0.39, 0.29) is 36.1 Å². The zero-order chi connectivity index (χ0) is 25.1. The molecule has 0 bridgehead atoms. The highest BCUT2D eigenvalue weighted by Gasteiger charge is 2.41. The first kappa shape index (κ1) is 25.1. The molecule has 2 aromatic rings. The van der Waals surface area contributed by atoms with Crippen LogP contribution in [0.3, 0.4) is 0 Å². The molecular formula is C27H32N2O5S. The van der Waals surface area contributed by atoms with Gasteiger partial charge in [-0.25, -0.2) is 9.59 Å². The van der Waals surface area contributed by atoms with Crippen LogP contribution >= 0.6 is 11.8 Å². The monoisotopic (exact) mass is 496 g/mol. The van der Waals surface area contributed by atoms with Crippen molar-refractivity contribution in [1.29, 1.82) is 0 Å². The van der Waals surface area contributed by atoms with Gasteiger partial charge in [0, 0.05) is 24.1 Å². The summed E-state index contributed by atoms with van der Waals surface area (Å²) in [4.78, 5) is 39.0. The summed E-state index contributed by atoms with van der Waals surface area (Å²) < 4.78 is 5.66. The van der Waals surface area contributed by atoms with E-state index in [0.717, 1.165) is 22.3 Å². The lowest BCUT2D eigenvalue weighted by Gasteiger charge is -2.30. The van der Waals surface area contributed by atoms with Gasteiger partial charge in [-0.3, -0.25) is 4.79 Å². The molecule has 7 nitrogen and oxygen atoms in total. The minimum Gasteiger partial charge on any atom is -0.480 e. The van der Waals surface area contributed by atoms with Crippen LogP contribution in [0.1, 0.15) is 50.7 Å². The fourth-order valence-electron chi connectivity index (χ4n) is 4.94. The second-order valence-electron chi connectivity index (χ2n) is 9.38. The third-order valence-electron chi connectivity index (χ3n) is 6.86. The summed E-state index contributed by atoms with van der Waals surface area (Å²) >= 11 is 1.49. The van der Waals surface area contributed by atoms with Crippen molar-refractivity contribution in [2.75, 3.05) is 12.4 Å². The van der Waals surface area contributed by atoms with Crippen molar-refractivity contribution in [2.24, 2.45) is 5.92 Å². The summed E-state index contributed by atoms with van der Waals surface area (Å²) in [6.45, 7) is 5.98. The first-order chi connectivity index (χ1) is 16.8. The molecule has 0 saturated carbocycles. The zero-order valence-corrected chi connectivity index (χ0v) is 21.1. The summed E-state index contributed by atoms with van der Waals surface area (Å²) in [6, 6.07) is 15.0. The number of nitrogens with one attached hydrogen (secondary N) is 1. The van der Waals surface area contributed by atoms with E-state index in [1.54, 1.807) is 0 Å². The maximum absolute atomic E-state index is 13.1. The quantitative estimate of drug-likeness (QED) is 0.550. The number of carbonyl (C=O) groups is 3. The maximum atomic E-state index is 13.1. The van der Waals surface area contributed by atoms with E-state index in [9.17, 15) is 19.5 Å². The second-order valence-corrected chi connectivity index (χ2v) is 10.6. The van der Waals surface area contributed by atoms with Crippen molar-refractivity contribution in [1.82, 2.24) is 10.2 Å². The van der Waals surface area contributed by atoms with Crippen LogP contribution < -0.4 is 5.32 Å². The van der Waals surface area contributed by atoms with Crippen LogP contribution in [0.5, 0.6) is 0 Å². The van der Waals surface area contributed by atoms with Gasteiger partial charge in [-0.1, -0.05) is 69.3 Å². The Kier molecular flexibility index (Phi) is 7.69. The van der Waals surface area contributed by atoms with E-state index < -0.39 is 24.1 Å². The molecule has 2 aliphatic rings. The Labute approximate surface area is 210 Å². The molecule has 3 atom stereocenters. The third kappa shape index (κ3) is 5.17. The smallest absolute Gasteiger partial charge is 0.407 e. The van der Waals surface area contributed by atoms with Crippen LogP contribution in [0.4, 0.5) is 4.79 Å². The molecule has 2 N–H and O–H groups in total. The molecule has 2 unspecified atom stereocenters. The summed E-state index contributed by atoms with van der Waals surface area (Å²) in [5, 5.41) is 12.2. The molecule has 1 fully saturated rings. The van der Waals surface area contributed by atoms with E-state index in [4.69, 9.17) is 4.74 Å². The van der Waals surface area contributed by atoms with Crippen LogP contribution in [-0.4, -0.2) is 57.8 Å². The number of carboxylic acid groups (broad SMARTS) is 1. The molecule has 2 amide bonds. The number of ether oxygens (including phenoxy) is 1. The number of carbonyl (C=O) groups excluding carboxylic acids is 2. The Balaban J connectivity index is 1.40. The van der Waals surface area contributed by atoms with Crippen LogP contribution in [0.25, 0.3) is 11.1 Å². The number of fused-ring (bicyclic) bond motifs is 3. The molecule has 2 aromatic carbocycles. The van der Waals surface area contributed by atoms with Gasteiger partial charge in [0.1, 0.15) is 12.6 Å². The molecule has 186 valence electrons. The van der Waals surface area contributed by atoms with Crippen molar-refractivity contribution >= 4 is 29.7 Å². The Bertz CT molecular complexity index is 1060. The minimum atomic E-state index is -0.993. The zero-order valence-electron chi connectivity index (χ0n) is 20.3. The van der Waals surface area contributed by atoms with Gasteiger partial charge in [0.25, 0.3) is 0 Å². The first-order valence-electron chi connectivity index (χ1n) is 12.1. The molecule has 35 heavy (non-hydrogen) atoms. The SMILES string of the molecule is CCC1SCC(C(=O)O)N1C(=O)C[C@H](NC(=O)OCC1c2ccccc2-c2ccccc21)C(C)C. The number of alkyl carbamates (subject to hydrolysis) is 1. The summed E-state index contributed by atoms with van der Waals surface area (Å²) in [5.41, 5.74) is 4.58. The number of nitrogens with zero attached hydrogens (tertiary/aromatic N) is 1. The van der Waals surface area contributed by atoms with Gasteiger partial charge in [-0.15, -0.1) is 11.8 Å². The van der Waals surface area contributed by atoms with Gasteiger partial charge in [0.05, 0.1) is 5.37 Å². The molecule has 0 radical (unpaired) electrons. The standard InChI is InChI=1S/C27H32N2O5S/c1-4-25-29(23(15-35-25)26(31)32)24(30)13-22(16(2)3)28-27(33)34-14-21-19-11-7-5-9-17(19)18-10-6-8-12-20(18)21/h5-12,16,21-23,25H,4,13-15H2,1-3H3,(H,28,33)(H,31,32)/t22-,23?,25?/m0/s1. The Morgan fingerprint density at radius 2 is 1.69 bits per heavy atom. The second kappa shape index (κ2) is 10.7. The molecule has 1 aliphatic heterocycles. The van der Waals surface area contributed by atoms with Crippen molar-refractivity contribution in [3.05, 3.63) is 59.7 Å². The molecule has 8 heteroatoms. The summed E-state index contributed by atoms with van der Waals surface area (Å²) in [7, 11) is 0. The maximum Gasteiger partial charge on any atom is 0.407 e. The molecule has 1 heterocycles. The van der Waals surface area contributed by atoms with Gasteiger partial charge in [0.15, 0.2) is 0 Å². The lowest BCUT2D eigenvalue weighted by molar-refractivity contribution is -0.149. The van der Waals surface area contributed by atoms with E-state index in [1.165, 1.54) is 16.7 Å². The van der Waals surface area contributed by atoms with Gasteiger partial charge < -0.3 is 20.1 Å². The highest BCUT2D eigenvalue weighted by atomic mass is 32.2. The van der Waals surface area contributed by atoms with Crippen molar-refractivity contribution in [3.8, 4) is 11.1 Å². The van der Waals surface area contributed by atoms with Crippen LogP contribution in [0, 0.1) is 5.92 Å². The lowest BCUT2D eigenvalue weighted by atomic mass is 9.98. The van der Waals surface area contributed by atoms with Crippen LogP contribution in [0.2, 0.25) is 0 Å². The largest absolute Gasteiger partial charge is 0.480 e. The highest BCUT2D eigenvalue weighted by Crippen LogP contribution is 2.44. The average molecular weight is 497 g/mol. The number of benzene rings is 2. The molecule has 1 saturated heterocycles. The van der Waals surface area contributed by atoms with Crippen LogP contribution in [-0.2, 0) is 14.3 Å². The molecular weight excluding hydrogens is 464 g/mol. The Morgan fingerprint density at radius 1 is 1.09 bits per heavy atom. The van der Waals surface area contributed by atoms with E-state index >= 15 is 0 Å². The van der Waals surface area contributed by atoms with E-state index in [0.29, 0.717) is 12.2 Å². The number of aliphatic carboxylic acids is 1. The molecule has 0 spiro atoms. The van der Waals surface area contributed by atoms with E-state index in [2.05, 4.69) is 29.6 Å². The molecule has 4 rings (SSSR count). The molecule has 1 aliphatic carbocycles. The lowest BCUT2D eigenvalue weighted by Crippen LogP contribution is -2.49. The van der Waals surface area contributed by atoms with Crippen molar-refractivity contribution in [3.63, 3.8) is 0 Å². The minimum absolute atomic E-state index is 0.0296. The van der Waals surface area contributed by atoms with Gasteiger partial charge in [-0.05, 0) is 34.6 Å². The number of hydrogen-bond acceptors (Lipinski definition) is 5. The Hall–Kier alpha value is -3.00. The van der Waals surface area contributed by atoms with Gasteiger partial charge in [0.2, 0.25) is 5.91 Å². The van der Waals surface area contributed by atoms with E-state index in [1.807, 2.05) is 45.0 Å². The highest BCUT2D eigenvalue weighted by molar-refractivity contribution is 8.00. The van der Waals surface area contributed by atoms with Gasteiger partial charge >= 0.3 is 12.1 Å². The fraction of sp³-hybridized carbons (Fsp3) is 0.444. The Morgan fingerprint density at radius 3 is 2.23 bits per heavy atom. The summed E-state index contributed by atoms with van der Waals surface area (Å²) in [6.07, 6.45) is 0.130. The number of amides is 2. The third-order valence-corrected chi connectivity index (χ3v) is 8.31. The number of rotatable bonds is 8. The van der Waals surface area contributed by atoms with Crippen molar-refractivity contribution < 1.29 is 24.2 Å². The average Bonchev–Trinajstić information content (AvgIpc) is 3.42. The molecule has 0 aromatic heterocycles. The predicted octanol–water partition coefficient (Wildman–Crippen LogP) is 4.70. The van der Waals surface area contributed by atoms with Crippen LogP contribution in [0.15, 0.2) is 48.5 Å². The normalized spacial score (nSPS) is 19.8. The number of hydrogen-bond donors (Lipinski definition) is 2. The van der Waals surface area contributed by atoms with Crippen molar-refractivity contribution in [2.45, 2.75) is 57.0 Å². The number of carboxylic acids is 1. The first-order valence-corrected chi connectivity index (χ1v) is 13.1. The summed E-state index contributed by atoms with van der Waals surface area (Å²) in [5.74, 6) is -0.945. The number of thioether (sulfide) groups is 1. The fourth-order valence-corrected chi connectivity index (χ4v) is 6.31. The van der Waals surface area contributed by atoms with Gasteiger partial charge in [-0.2, -0.15) is 0 Å².